The average molecular weight is 496 g/mol. The second-order valence-electron chi connectivity index (χ2n) is 8.47. The van der Waals surface area contributed by atoms with Crippen molar-refractivity contribution in [1.82, 2.24) is 0 Å². The first-order valence-corrected chi connectivity index (χ1v) is 11.9. The number of halogens is 1. The number of hydrogen-bond acceptors (Lipinski definition) is 5. The van der Waals surface area contributed by atoms with Gasteiger partial charge in [-0.1, -0.05) is 30.7 Å². The summed E-state index contributed by atoms with van der Waals surface area (Å²) in [6, 6.07) is 16.5. The van der Waals surface area contributed by atoms with Crippen LogP contribution in [0.25, 0.3) is 0 Å². The summed E-state index contributed by atoms with van der Waals surface area (Å²) in [5, 5.41) is 0.625. The zero-order valence-corrected chi connectivity index (χ0v) is 21.4. The van der Waals surface area contributed by atoms with E-state index in [1.165, 1.54) is 0 Å². The van der Waals surface area contributed by atoms with Crippen molar-refractivity contribution in [1.29, 1.82) is 0 Å². The van der Waals surface area contributed by atoms with Gasteiger partial charge in [0.15, 0.2) is 11.5 Å². The van der Waals surface area contributed by atoms with Gasteiger partial charge in [-0.25, -0.2) is 0 Å². The van der Waals surface area contributed by atoms with Crippen LogP contribution in [0.2, 0.25) is 5.02 Å². The van der Waals surface area contributed by atoms with E-state index in [2.05, 4.69) is 6.92 Å². The lowest BCUT2D eigenvalue weighted by atomic mass is 9.86. The van der Waals surface area contributed by atoms with Crippen LogP contribution in [0, 0.1) is 0 Å². The van der Waals surface area contributed by atoms with E-state index in [9.17, 15) is 4.79 Å². The highest BCUT2D eigenvalue weighted by Gasteiger charge is 2.37. The summed E-state index contributed by atoms with van der Waals surface area (Å²) in [6.07, 6.45) is 1.09. The number of carbonyl (C=O) groups excluding carboxylic acids is 1. The number of benzene rings is 3. The Morgan fingerprint density at radius 3 is 2.29 bits per heavy atom. The van der Waals surface area contributed by atoms with Crippen molar-refractivity contribution in [3.05, 3.63) is 76.3 Å². The molecule has 0 saturated carbocycles. The highest BCUT2D eigenvalue weighted by molar-refractivity contribution is 6.30. The van der Waals surface area contributed by atoms with E-state index in [0.717, 1.165) is 23.1 Å². The van der Waals surface area contributed by atoms with Crippen LogP contribution in [0.3, 0.4) is 0 Å². The fourth-order valence-corrected chi connectivity index (χ4v) is 4.47. The fraction of sp³-hybridized carbons (Fsp3) is 0.321. The number of fused-ring (bicyclic) bond motifs is 1. The Kier molecular flexibility index (Phi) is 7.41. The van der Waals surface area contributed by atoms with Gasteiger partial charge in [0, 0.05) is 11.1 Å². The van der Waals surface area contributed by atoms with E-state index in [4.69, 9.17) is 30.5 Å². The lowest BCUT2D eigenvalue weighted by Gasteiger charge is -2.38. The van der Waals surface area contributed by atoms with E-state index in [0.29, 0.717) is 33.7 Å². The van der Waals surface area contributed by atoms with Gasteiger partial charge in [0.05, 0.1) is 45.6 Å². The molecule has 4 rings (SSSR count). The molecule has 0 bridgehead atoms. The second kappa shape index (κ2) is 10.5. The van der Waals surface area contributed by atoms with Gasteiger partial charge in [0.2, 0.25) is 5.91 Å². The average Bonchev–Trinajstić information content (AvgIpc) is 2.88. The van der Waals surface area contributed by atoms with Crippen molar-refractivity contribution in [2.75, 3.05) is 26.2 Å². The minimum atomic E-state index is -0.420. The molecular formula is C28H30ClNO5. The number of anilines is 1. The first kappa shape index (κ1) is 24.7. The first-order chi connectivity index (χ1) is 16.9. The molecule has 0 spiro atoms. The van der Waals surface area contributed by atoms with Crippen molar-refractivity contribution in [3.8, 4) is 23.0 Å². The molecule has 0 radical (unpaired) electrons. The molecule has 0 aliphatic carbocycles. The summed E-state index contributed by atoms with van der Waals surface area (Å²) < 4.78 is 22.9. The van der Waals surface area contributed by atoms with Crippen LogP contribution in [0.1, 0.15) is 43.0 Å². The van der Waals surface area contributed by atoms with Crippen LogP contribution in [-0.4, -0.2) is 33.3 Å². The standard InChI is InChI=1S/C28H30ClNO5/c1-6-17(2)35-26-16-22-19(13-25(26)34-5)14-27(31)30(28(22)18-7-9-20(29)10-8-18)23-12-11-21(32-3)15-24(23)33-4/h7-13,15-17,28H,6,14H2,1-5H3. The SMILES string of the molecule is CCC(C)Oc1cc2c(cc1OC)CC(=O)N(c1ccc(OC)cc1OC)C2c1ccc(Cl)cc1. The lowest BCUT2D eigenvalue weighted by molar-refractivity contribution is -0.118. The number of methoxy groups -OCH3 is 3. The Labute approximate surface area is 211 Å². The van der Waals surface area contributed by atoms with Gasteiger partial charge >= 0.3 is 0 Å². The summed E-state index contributed by atoms with van der Waals surface area (Å²) in [5.74, 6) is 2.40. The van der Waals surface area contributed by atoms with Crippen molar-refractivity contribution in [2.45, 2.75) is 38.8 Å². The maximum absolute atomic E-state index is 13.7. The van der Waals surface area contributed by atoms with E-state index in [1.807, 2.05) is 55.5 Å². The van der Waals surface area contributed by atoms with E-state index in [1.54, 1.807) is 32.3 Å². The molecule has 2 unspecified atom stereocenters. The fourth-order valence-electron chi connectivity index (χ4n) is 4.34. The Morgan fingerprint density at radius 1 is 0.943 bits per heavy atom. The maximum atomic E-state index is 13.7. The van der Waals surface area contributed by atoms with Crippen LogP contribution in [0.15, 0.2) is 54.6 Å². The molecule has 0 aromatic heterocycles. The predicted octanol–water partition coefficient (Wildman–Crippen LogP) is 6.22. The van der Waals surface area contributed by atoms with Gasteiger partial charge in [-0.3, -0.25) is 9.69 Å². The number of hydrogen-bond donors (Lipinski definition) is 0. The van der Waals surface area contributed by atoms with Gasteiger partial charge in [-0.05, 0) is 66.4 Å². The summed E-state index contributed by atoms with van der Waals surface area (Å²) in [5.41, 5.74) is 3.43. The van der Waals surface area contributed by atoms with Crippen molar-refractivity contribution in [2.24, 2.45) is 0 Å². The Balaban J connectivity index is 1.94. The quantitative estimate of drug-likeness (QED) is 0.371. The molecule has 3 aromatic rings. The van der Waals surface area contributed by atoms with E-state index >= 15 is 0 Å². The van der Waals surface area contributed by atoms with Crippen LogP contribution in [-0.2, 0) is 11.2 Å². The van der Waals surface area contributed by atoms with Crippen LogP contribution in [0.4, 0.5) is 5.69 Å². The molecule has 3 aromatic carbocycles. The van der Waals surface area contributed by atoms with Crippen LogP contribution in [0.5, 0.6) is 23.0 Å². The molecule has 35 heavy (non-hydrogen) atoms. The van der Waals surface area contributed by atoms with E-state index in [-0.39, 0.29) is 18.4 Å². The van der Waals surface area contributed by atoms with Crippen LogP contribution < -0.4 is 23.8 Å². The molecule has 2 atom stereocenters. The van der Waals surface area contributed by atoms with Gasteiger partial charge < -0.3 is 18.9 Å². The minimum absolute atomic E-state index is 0.0129. The Morgan fingerprint density at radius 2 is 1.66 bits per heavy atom. The first-order valence-electron chi connectivity index (χ1n) is 11.6. The number of nitrogens with zero attached hydrogens (tertiary/aromatic N) is 1. The molecule has 1 aliphatic rings. The smallest absolute Gasteiger partial charge is 0.232 e. The van der Waals surface area contributed by atoms with Gasteiger partial charge in [-0.15, -0.1) is 0 Å². The normalized spacial score (nSPS) is 15.9. The van der Waals surface area contributed by atoms with Crippen molar-refractivity contribution < 1.29 is 23.7 Å². The number of carbonyl (C=O) groups is 1. The highest BCUT2D eigenvalue weighted by atomic mass is 35.5. The number of ether oxygens (including phenoxy) is 4. The van der Waals surface area contributed by atoms with Crippen LogP contribution >= 0.6 is 11.6 Å². The Bertz CT molecular complexity index is 1210. The summed E-state index contributed by atoms with van der Waals surface area (Å²) in [6.45, 7) is 4.09. The monoisotopic (exact) mass is 495 g/mol. The van der Waals surface area contributed by atoms with Gasteiger partial charge in [0.1, 0.15) is 11.5 Å². The molecule has 184 valence electrons. The topological polar surface area (TPSA) is 57.2 Å². The maximum Gasteiger partial charge on any atom is 0.232 e. The highest BCUT2D eigenvalue weighted by Crippen LogP contribution is 2.46. The number of amides is 1. The summed E-state index contributed by atoms with van der Waals surface area (Å²) >= 11 is 6.20. The molecule has 0 saturated heterocycles. The van der Waals surface area contributed by atoms with E-state index < -0.39 is 6.04 Å². The second-order valence-corrected chi connectivity index (χ2v) is 8.91. The summed E-state index contributed by atoms with van der Waals surface area (Å²) in [7, 11) is 4.79. The third-order valence-corrected chi connectivity index (χ3v) is 6.58. The van der Waals surface area contributed by atoms with Gasteiger partial charge in [-0.2, -0.15) is 0 Å². The zero-order chi connectivity index (χ0) is 25.1. The number of rotatable bonds is 8. The summed E-state index contributed by atoms with van der Waals surface area (Å²) in [4.78, 5) is 15.5. The van der Waals surface area contributed by atoms with Gasteiger partial charge in [0.25, 0.3) is 0 Å². The molecular weight excluding hydrogens is 466 g/mol. The van der Waals surface area contributed by atoms with Crippen molar-refractivity contribution in [3.63, 3.8) is 0 Å². The third kappa shape index (κ3) is 4.89. The molecule has 7 heteroatoms. The molecule has 1 aliphatic heterocycles. The zero-order valence-electron chi connectivity index (χ0n) is 20.6. The lowest BCUT2D eigenvalue weighted by Crippen LogP contribution is -2.41. The third-order valence-electron chi connectivity index (χ3n) is 6.32. The molecule has 6 nitrogen and oxygen atoms in total. The predicted molar refractivity (Wildman–Crippen MR) is 137 cm³/mol. The molecule has 1 amide bonds. The molecule has 1 heterocycles. The Hall–Kier alpha value is -3.38. The molecule has 0 N–H and O–H groups in total. The van der Waals surface area contributed by atoms with Crippen molar-refractivity contribution >= 4 is 23.2 Å². The largest absolute Gasteiger partial charge is 0.497 e. The minimum Gasteiger partial charge on any atom is -0.497 e. The molecule has 0 fully saturated rings.